The largest absolute Gasteiger partial charge is 0.300 e. The summed E-state index contributed by atoms with van der Waals surface area (Å²) in [5.74, 6) is 0.395. The third kappa shape index (κ3) is 3.32. The average Bonchev–Trinajstić information content (AvgIpc) is 2.24. The summed E-state index contributed by atoms with van der Waals surface area (Å²) in [5.41, 5.74) is 1.34. The molecule has 1 saturated carbocycles. The zero-order valence-electron chi connectivity index (χ0n) is 11.6. The second kappa shape index (κ2) is 4.72. The van der Waals surface area contributed by atoms with Gasteiger partial charge in [-0.1, -0.05) is 63.3 Å². The number of carbonyl (C=O) groups is 1. The highest BCUT2D eigenvalue weighted by molar-refractivity contribution is 5.81. The third-order valence-electron chi connectivity index (χ3n) is 3.64. The first kappa shape index (κ1) is 13.1. The van der Waals surface area contributed by atoms with Crippen molar-refractivity contribution in [3.8, 4) is 0 Å². The predicted molar refractivity (Wildman–Crippen MR) is 76.2 cm³/mol. The van der Waals surface area contributed by atoms with Crippen molar-refractivity contribution in [2.24, 2.45) is 10.8 Å². The molecule has 96 valence electrons. The first-order valence-electron chi connectivity index (χ1n) is 6.65. The summed E-state index contributed by atoms with van der Waals surface area (Å²) in [6, 6.07) is 10.3. The lowest BCUT2D eigenvalue weighted by atomic mass is 9.64. The molecule has 1 aliphatic rings. The van der Waals surface area contributed by atoms with Gasteiger partial charge in [0.25, 0.3) is 0 Å². The standard InChI is InChI=1S/C17H22O/c1-16(2)11-15(18)12-17(3,13-16)10-9-14-7-5-4-6-8-14/h4-10H,11-13H2,1-3H3/b10-9-. The molecule has 0 amide bonds. The van der Waals surface area contributed by atoms with Gasteiger partial charge in [0.2, 0.25) is 0 Å². The van der Waals surface area contributed by atoms with E-state index >= 15 is 0 Å². The molecule has 1 fully saturated rings. The molecule has 1 aliphatic carbocycles. The van der Waals surface area contributed by atoms with E-state index in [0.29, 0.717) is 12.2 Å². The number of ketones is 1. The Kier molecular flexibility index (Phi) is 3.43. The number of hydrogen-bond donors (Lipinski definition) is 0. The molecular formula is C17H22O. The molecule has 1 heteroatoms. The molecule has 1 aromatic carbocycles. The smallest absolute Gasteiger partial charge is 0.134 e. The van der Waals surface area contributed by atoms with E-state index in [9.17, 15) is 4.79 Å². The maximum Gasteiger partial charge on any atom is 0.134 e. The van der Waals surface area contributed by atoms with Crippen LogP contribution in [-0.4, -0.2) is 5.78 Å². The van der Waals surface area contributed by atoms with Crippen molar-refractivity contribution in [3.05, 3.63) is 42.0 Å². The van der Waals surface area contributed by atoms with Gasteiger partial charge in [-0.25, -0.2) is 0 Å². The van der Waals surface area contributed by atoms with E-state index in [1.807, 2.05) is 18.2 Å². The lowest BCUT2D eigenvalue weighted by molar-refractivity contribution is -0.126. The number of hydrogen-bond acceptors (Lipinski definition) is 1. The average molecular weight is 242 g/mol. The summed E-state index contributed by atoms with van der Waals surface area (Å²) in [4.78, 5) is 11.9. The van der Waals surface area contributed by atoms with E-state index in [4.69, 9.17) is 0 Å². The van der Waals surface area contributed by atoms with Crippen LogP contribution in [0.15, 0.2) is 36.4 Å². The first-order chi connectivity index (χ1) is 8.39. The summed E-state index contributed by atoms with van der Waals surface area (Å²) < 4.78 is 0. The molecule has 0 aliphatic heterocycles. The van der Waals surface area contributed by atoms with E-state index in [0.717, 1.165) is 12.8 Å². The van der Waals surface area contributed by atoms with Crippen LogP contribution < -0.4 is 0 Å². The summed E-state index contributed by atoms with van der Waals surface area (Å²) in [5, 5.41) is 0. The van der Waals surface area contributed by atoms with Crippen LogP contribution in [0.25, 0.3) is 6.08 Å². The zero-order chi connectivity index (χ0) is 13.2. The van der Waals surface area contributed by atoms with Crippen LogP contribution >= 0.6 is 0 Å². The summed E-state index contributed by atoms with van der Waals surface area (Å²) in [7, 11) is 0. The molecule has 0 radical (unpaired) electrons. The Morgan fingerprint density at radius 2 is 1.72 bits per heavy atom. The molecular weight excluding hydrogens is 220 g/mol. The molecule has 1 unspecified atom stereocenters. The van der Waals surface area contributed by atoms with E-state index in [1.165, 1.54) is 5.56 Å². The Morgan fingerprint density at radius 1 is 1.06 bits per heavy atom. The van der Waals surface area contributed by atoms with Crippen molar-refractivity contribution in [2.75, 3.05) is 0 Å². The molecule has 0 saturated heterocycles. The normalized spacial score (nSPS) is 27.6. The van der Waals surface area contributed by atoms with Crippen LogP contribution in [0, 0.1) is 10.8 Å². The fourth-order valence-corrected chi connectivity index (χ4v) is 3.24. The number of carbonyl (C=O) groups excluding carboxylic acids is 1. The van der Waals surface area contributed by atoms with Crippen molar-refractivity contribution < 1.29 is 4.79 Å². The minimum atomic E-state index is 0.00861. The van der Waals surface area contributed by atoms with Crippen LogP contribution in [0.3, 0.4) is 0 Å². The lowest BCUT2D eigenvalue weighted by Crippen LogP contribution is -2.34. The summed E-state index contributed by atoms with van der Waals surface area (Å²) >= 11 is 0. The molecule has 18 heavy (non-hydrogen) atoms. The number of Topliss-reactive ketones (excluding diaryl/α,β-unsaturated/α-hetero) is 1. The summed E-state index contributed by atoms with van der Waals surface area (Å²) in [6.07, 6.45) is 6.85. The quantitative estimate of drug-likeness (QED) is 0.747. The zero-order valence-corrected chi connectivity index (χ0v) is 11.6. The maximum atomic E-state index is 11.9. The molecule has 0 N–H and O–H groups in total. The Bertz CT molecular complexity index is 456. The molecule has 0 bridgehead atoms. The van der Waals surface area contributed by atoms with Crippen molar-refractivity contribution in [3.63, 3.8) is 0 Å². The van der Waals surface area contributed by atoms with Gasteiger partial charge in [-0.15, -0.1) is 0 Å². The van der Waals surface area contributed by atoms with Crippen molar-refractivity contribution in [1.82, 2.24) is 0 Å². The first-order valence-corrected chi connectivity index (χ1v) is 6.65. The molecule has 2 rings (SSSR count). The van der Waals surface area contributed by atoms with Gasteiger partial charge in [-0.2, -0.15) is 0 Å². The molecule has 0 heterocycles. The van der Waals surface area contributed by atoms with Gasteiger partial charge in [0, 0.05) is 12.8 Å². The second-order valence-corrected chi connectivity index (χ2v) is 6.63. The highest BCUT2D eigenvalue weighted by Crippen LogP contribution is 2.45. The topological polar surface area (TPSA) is 17.1 Å². The van der Waals surface area contributed by atoms with E-state index in [-0.39, 0.29) is 10.8 Å². The van der Waals surface area contributed by atoms with Crippen LogP contribution in [0.2, 0.25) is 0 Å². The maximum absolute atomic E-state index is 11.9. The van der Waals surface area contributed by atoms with Gasteiger partial charge < -0.3 is 0 Å². The highest BCUT2D eigenvalue weighted by Gasteiger charge is 2.38. The minimum Gasteiger partial charge on any atom is -0.300 e. The van der Waals surface area contributed by atoms with Crippen molar-refractivity contribution >= 4 is 11.9 Å². The van der Waals surface area contributed by atoms with Gasteiger partial charge in [0.05, 0.1) is 0 Å². The van der Waals surface area contributed by atoms with Crippen LogP contribution in [0.1, 0.15) is 45.6 Å². The van der Waals surface area contributed by atoms with Crippen molar-refractivity contribution in [2.45, 2.75) is 40.0 Å². The molecule has 1 nitrogen and oxygen atoms in total. The van der Waals surface area contributed by atoms with E-state index < -0.39 is 0 Å². The van der Waals surface area contributed by atoms with E-state index in [2.05, 4.69) is 45.1 Å². The Labute approximate surface area is 110 Å². The van der Waals surface area contributed by atoms with Crippen LogP contribution in [0.4, 0.5) is 0 Å². The number of benzene rings is 1. The van der Waals surface area contributed by atoms with Gasteiger partial charge in [0.1, 0.15) is 5.78 Å². The summed E-state index contributed by atoms with van der Waals surface area (Å²) in [6.45, 7) is 6.59. The fourth-order valence-electron chi connectivity index (χ4n) is 3.24. The monoisotopic (exact) mass is 242 g/mol. The molecule has 0 spiro atoms. The van der Waals surface area contributed by atoms with Crippen LogP contribution in [-0.2, 0) is 4.79 Å². The Morgan fingerprint density at radius 3 is 2.33 bits per heavy atom. The van der Waals surface area contributed by atoms with Crippen molar-refractivity contribution in [1.29, 1.82) is 0 Å². The SMILES string of the molecule is CC1(C)CC(=O)CC(C)(/C=C\c2ccccc2)C1. The fraction of sp³-hybridized carbons (Fsp3) is 0.471. The predicted octanol–water partition coefficient (Wildman–Crippen LogP) is 4.49. The molecule has 1 atom stereocenters. The second-order valence-electron chi connectivity index (χ2n) is 6.63. The number of allylic oxidation sites excluding steroid dienone is 1. The van der Waals surface area contributed by atoms with E-state index in [1.54, 1.807) is 0 Å². The van der Waals surface area contributed by atoms with Crippen LogP contribution in [0.5, 0.6) is 0 Å². The Balaban J connectivity index is 2.16. The van der Waals surface area contributed by atoms with Gasteiger partial charge in [0.15, 0.2) is 0 Å². The molecule has 1 aromatic rings. The van der Waals surface area contributed by atoms with Gasteiger partial charge in [-0.3, -0.25) is 4.79 Å². The highest BCUT2D eigenvalue weighted by atomic mass is 16.1. The van der Waals surface area contributed by atoms with Gasteiger partial charge >= 0.3 is 0 Å². The third-order valence-corrected chi connectivity index (χ3v) is 3.64. The lowest BCUT2D eigenvalue weighted by Gasteiger charge is -2.40. The van der Waals surface area contributed by atoms with Gasteiger partial charge in [-0.05, 0) is 22.8 Å². The number of rotatable bonds is 2. The minimum absolute atomic E-state index is 0.00861. The Hall–Kier alpha value is -1.37. The molecule has 0 aromatic heterocycles.